The average molecular weight is 306 g/mol. The third-order valence-electron chi connectivity index (χ3n) is 3.50. The number of rotatable bonds is 7. The molecule has 1 fully saturated rings. The minimum absolute atomic E-state index is 0.131. The van der Waals surface area contributed by atoms with Crippen molar-refractivity contribution < 1.29 is 23.1 Å². The van der Waals surface area contributed by atoms with Gasteiger partial charge in [-0.2, -0.15) is 0 Å². The molecule has 0 aromatic carbocycles. The predicted molar refractivity (Wildman–Crippen MR) is 74.2 cm³/mol. The van der Waals surface area contributed by atoms with Crippen molar-refractivity contribution in [1.82, 2.24) is 10.2 Å². The number of carbonyl (C=O) groups excluding carboxylic acids is 1. The topological polar surface area (TPSA) is 104 Å². The van der Waals surface area contributed by atoms with Crippen molar-refractivity contribution in [3.63, 3.8) is 0 Å². The lowest BCUT2D eigenvalue weighted by molar-refractivity contribution is -0.139. The van der Waals surface area contributed by atoms with Crippen molar-refractivity contribution in [2.24, 2.45) is 11.8 Å². The molecule has 3 atom stereocenters. The molecule has 1 aliphatic rings. The van der Waals surface area contributed by atoms with E-state index in [1.54, 1.807) is 7.05 Å². The Morgan fingerprint density at radius 1 is 1.45 bits per heavy atom. The molecule has 0 bridgehead atoms. The molecule has 20 heavy (non-hydrogen) atoms. The molecular formula is C12H22N2O5S. The fourth-order valence-electron chi connectivity index (χ4n) is 1.94. The number of sulfone groups is 1. The first-order valence-electron chi connectivity index (χ1n) is 6.52. The van der Waals surface area contributed by atoms with Gasteiger partial charge in [0, 0.05) is 19.8 Å². The van der Waals surface area contributed by atoms with Crippen LogP contribution in [0, 0.1) is 11.8 Å². The number of hydrogen-bond acceptors (Lipinski definition) is 4. The van der Waals surface area contributed by atoms with Gasteiger partial charge in [-0.05, 0) is 24.7 Å². The fraction of sp³-hybridized carbons (Fsp3) is 0.833. The van der Waals surface area contributed by atoms with Crippen molar-refractivity contribution in [2.75, 3.05) is 25.6 Å². The van der Waals surface area contributed by atoms with E-state index >= 15 is 0 Å². The van der Waals surface area contributed by atoms with Crippen LogP contribution in [0.4, 0.5) is 4.79 Å². The van der Waals surface area contributed by atoms with Crippen LogP contribution in [0.15, 0.2) is 0 Å². The lowest BCUT2D eigenvalue weighted by atomic mass is 10.2. The second kappa shape index (κ2) is 6.43. The second-order valence-corrected chi connectivity index (χ2v) is 7.87. The summed E-state index contributed by atoms with van der Waals surface area (Å²) in [7, 11) is -1.65. The molecule has 1 aliphatic carbocycles. The van der Waals surface area contributed by atoms with E-state index < -0.39 is 27.9 Å². The van der Waals surface area contributed by atoms with Crippen molar-refractivity contribution in [2.45, 2.75) is 25.8 Å². The Kier molecular flexibility index (Phi) is 5.38. The van der Waals surface area contributed by atoms with Crippen molar-refractivity contribution >= 4 is 21.8 Å². The van der Waals surface area contributed by atoms with Crippen LogP contribution in [0.1, 0.15) is 19.8 Å². The number of nitrogens with one attached hydrogen (secondary N) is 1. The maximum Gasteiger partial charge on any atom is 0.326 e. The molecule has 1 rings (SSSR count). The Morgan fingerprint density at radius 3 is 2.40 bits per heavy atom. The minimum atomic E-state index is -3.25. The monoisotopic (exact) mass is 306 g/mol. The minimum Gasteiger partial charge on any atom is -0.480 e. The summed E-state index contributed by atoms with van der Waals surface area (Å²) in [6, 6.07) is -1.67. The number of amides is 2. The van der Waals surface area contributed by atoms with Crippen molar-refractivity contribution in [3.05, 3.63) is 0 Å². The van der Waals surface area contributed by atoms with Crippen molar-refractivity contribution in [1.29, 1.82) is 0 Å². The summed E-state index contributed by atoms with van der Waals surface area (Å²) >= 11 is 0. The number of hydrogen-bond donors (Lipinski definition) is 2. The highest BCUT2D eigenvalue weighted by Gasteiger charge is 2.34. The average Bonchev–Trinajstić information content (AvgIpc) is 2.97. The summed E-state index contributed by atoms with van der Waals surface area (Å²) in [6.07, 6.45) is 1.98. The van der Waals surface area contributed by atoms with Gasteiger partial charge in [-0.3, -0.25) is 0 Å². The number of nitrogens with zero attached hydrogens (tertiary/aromatic N) is 1. The molecule has 116 valence electrons. The maximum atomic E-state index is 11.9. The van der Waals surface area contributed by atoms with Crippen LogP contribution in [-0.2, 0) is 14.6 Å². The molecule has 0 heterocycles. The van der Waals surface area contributed by atoms with Crippen LogP contribution >= 0.6 is 0 Å². The Bertz CT molecular complexity index is 476. The molecule has 7 nitrogen and oxygen atoms in total. The third-order valence-corrected chi connectivity index (χ3v) is 4.48. The van der Waals surface area contributed by atoms with Gasteiger partial charge in [0.25, 0.3) is 0 Å². The Morgan fingerprint density at radius 2 is 2.00 bits per heavy atom. The smallest absolute Gasteiger partial charge is 0.326 e. The lowest BCUT2D eigenvalue weighted by Crippen LogP contribution is -2.47. The van der Waals surface area contributed by atoms with Crippen molar-refractivity contribution in [3.8, 4) is 0 Å². The number of carboxylic acid groups (broad SMARTS) is 1. The lowest BCUT2D eigenvalue weighted by Gasteiger charge is -2.21. The molecule has 0 aliphatic heterocycles. The van der Waals surface area contributed by atoms with Crippen LogP contribution in [-0.4, -0.2) is 62.1 Å². The summed E-state index contributed by atoms with van der Waals surface area (Å²) < 4.78 is 22.1. The zero-order valence-electron chi connectivity index (χ0n) is 12.0. The molecule has 2 amide bonds. The quantitative estimate of drug-likeness (QED) is 0.698. The summed E-state index contributed by atoms with van der Waals surface area (Å²) in [5.41, 5.74) is 0. The third kappa shape index (κ3) is 5.77. The molecule has 0 aromatic heterocycles. The van der Waals surface area contributed by atoms with Crippen LogP contribution in [0.5, 0.6) is 0 Å². The van der Waals surface area contributed by atoms with E-state index in [2.05, 4.69) is 12.2 Å². The highest BCUT2D eigenvalue weighted by atomic mass is 32.2. The van der Waals surface area contributed by atoms with Gasteiger partial charge in [0.1, 0.15) is 15.9 Å². The predicted octanol–water partition coefficient (Wildman–Crippen LogP) is 0.172. The van der Waals surface area contributed by atoms with E-state index in [4.69, 9.17) is 5.11 Å². The van der Waals surface area contributed by atoms with Crippen LogP contribution in [0.2, 0.25) is 0 Å². The number of urea groups is 1. The van der Waals surface area contributed by atoms with Gasteiger partial charge in [-0.25, -0.2) is 18.0 Å². The van der Waals surface area contributed by atoms with Gasteiger partial charge in [-0.15, -0.1) is 0 Å². The molecule has 3 unspecified atom stereocenters. The summed E-state index contributed by atoms with van der Waals surface area (Å²) in [5, 5.41) is 11.4. The van der Waals surface area contributed by atoms with Crippen LogP contribution in [0.3, 0.4) is 0 Å². The standard InChI is InChI=1S/C12H22N2O5S/c1-8-6-9(8)7-14(2)12(17)13-10(11(15)16)4-5-20(3,18)19/h8-10H,4-7H2,1-3H3,(H,13,17)(H,15,16). The van der Waals surface area contributed by atoms with E-state index in [1.807, 2.05) is 0 Å². The van der Waals surface area contributed by atoms with E-state index in [1.165, 1.54) is 4.90 Å². The summed E-state index contributed by atoms with van der Waals surface area (Å²) in [5.74, 6) is -0.417. The number of aliphatic carboxylic acids is 1. The Hall–Kier alpha value is -1.31. The summed E-state index contributed by atoms with van der Waals surface area (Å²) in [6.45, 7) is 2.69. The van der Waals surface area contributed by atoms with Gasteiger partial charge in [0.05, 0.1) is 5.75 Å². The highest BCUT2D eigenvalue weighted by Crippen LogP contribution is 2.37. The van der Waals surface area contributed by atoms with Crippen LogP contribution in [0.25, 0.3) is 0 Å². The fourth-order valence-corrected chi connectivity index (χ4v) is 2.60. The first kappa shape index (κ1) is 16.7. The van der Waals surface area contributed by atoms with Crippen LogP contribution < -0.4 is 5.32 Å². The normalized spacial score (nSPS) is 22.9. The first-order chi connectivity index (χ1) is 9.10. The van der Waals surface area contributed by atoms with Gasteiger partial charge in [0.2, 0.25) is 0 Å². The molecule has 0 aromatic rings. The Labute approximate surface area is 119 Å². The zero-order valence-corrected chi connectivity index (χ0v) is 12.8. The van der Waals surface area contributed by atoms with Gasteiger partial charge in [0.15, 0.2) is 0 Å². The molecule has 1 saturated carbocycles. The summed E-state index contributed by atoms with van der Waals surface area (Å²) in [4.78, 5) is 24.3. The first-order valence-corrected chi connectivity index (χ1v) is 8.58. The van der Waals surface area contributed by atoms with E-state index in [-0.39, 0.29) is 12.2 Å². The zero-order chi connectivity index (χ0) is 15.5. The van der Waals surface area contributed by atoms with Gasteiger partial charge in [-0.1, -0.05) is 6.92 Å². The number of carbonyl (C=O) groups is 2. The largest absolute Gasteiger partial charge is 0.480 e. The van der Waals surface area contributed by atoms with E-state index in [9.17, 15) is 18.0 Å². The SMILES string of the molecule is CC1CC1CN(C)C(=O)NC(CCS(C)(=O)=O)C(=O)O. The van der Waals surface area contributed by atoms with E-state index in [0.29, 0.717) is 18.4 Å². The van der Waals surface area contributed by atoms with Gasteiger partial charge < -0.3 is 15.3 Å². The molecule has 0 radical (unpaired) electrons. The Balaban J connectivity index is 2.47. The maximum absolute atomic E-state index is 11.9. The highest BCUT2D eigenvalue weighted by molar-refractivity contribution is 7.90. The molecule has 2 N–H and O–H groups in total. The molecule has 0 spiro atoms. The molecular weight excluding hydrogens is 284 g/mol. The molecule has 0 saturated heterocycles. The number of carboxylic acids is 1. The second-order valence-electron chi connectivity index (χ2n) is 5.61. The van der Waals surface area contributed by atoms with Gasteiger partial charge >= 0.3 is 12.0 Å². The van der Waals surface area contributed by atoms with E-state index in [0.717, 1.165) is 12.7 Å². The molecule has 8 heteroatoms.